The molecule has 0 heterocycles. The van der Waals surface area contributed by atoms with Crippen LogP contribution in [0.4, 0.5) is 0 Å². The number of rotatable bonds is 7. The van der Waals surface area contributed by atoms with Crippen molar-refractivity contribution in [2.45, 2.75) is 25.4 Å². The van der Waals surface area contributed by atoms with E-state index in [1.807, 2.05) is 52.2 Å². The van der Waals surface area contributed by atoms with E-state index in [9.17, 15) is 4.79 Å². The van der Waals surface area contributed by atoms with Crippen molar-refractivity contribution in [3.05, 3.63) is 29.8 Å². The molecule has 1 unspecified atom stereocenters. The van der Waals surface area contributed by atoms with Crippen molar-refractivity contribution in [2.24, 2.45) is 0 Å². The number of carbonyl (C=O) groups is 1. The molecular formula is C16H27N3O2. The molecule has 0 radical (unpaired) electrons. The number of hydrogen-bond donors (Lipinski definition) is 2. The van der Waals surface area contributed by atoms with Crippen molar-refractivity contribution in [2.75, 3.05) is 34.8 Å². The van der Waals surface area contributed by atoms with Crippen LogP contribution < -0.4 is 15.4 Å². The van der Waals surface area contributed by atoms with E-state index in [2.05, 4.69) is 15.5 Å². The van der Waals surface area contributed by atoms with Crippen molar-refractivity contribution >= 4 is 5.91 Å². The van der Waals surface area contributed by atoms with Gasteiger partial charge in [-0.05, 0) is 52.7 Å². The van der Waals surface area contributed by atoms with Crippen molar-refractivity contribution in [3.8, 4) is 5.75 Å². The van der Waals surface area contributed by atoms with Gasteiger partial charge < -0.3 is 20.3 Å². The molecular weight excluding hydrogens is 266 g/mol. The third kappa shape index (κ3) is 4.72. The predicted octanol–water partition coefficient (Wildman–Crippen LogP) is 1.41. The van der Waals surface area contributed by atoms with E-state index < -0.39 is 5.54 Å². The molecule has 2 N–H and O–H groups in total. The summed E-state index contributed by atoms with van der Waals surface area (Å²) in [5.41, 5.74) is 0.535. The zero-order chi connectivity index (χ0) is 16.0. The average Bonchev–Trinajstić information content (AvgIpc) is 2.47. The summed E-state index contributed by atoms with van der Waals surface area (Å²) in [5, 5.41) is 6.01. The van der Waals surface area contributed by atoms with Gasteiger partial charge in [0.2, 0.25) is 5.91 Å². The van der Waals surface area contributed by atoms with Crippen molar-refractivity contribution in [1.82, 2.24) is 15.5 Å². The molecule has 0 fully saturated rings. The normalized spacial score (nSPS) is 13.1. The van der Waals surface area contributed by atoms with Gasteiger partial charge in [-0.3, -0.25) is 4.79 Å². The Morgan fingerprint density at radius 3 is 2.57 bits per heavy atom. The first kappa shape index (κ1) is 17.5. The van der Waals surface area contributed by atoms with Crippen LogP contribution in [0, 0.1) is 0 Å². The largest absolute Gasteiger partial charge is 0.497 e. The predicted molar refractivity (Wildman–Crippen MR) is 85.6 cm³/mol. The number of likely N-dealkylation sites (N-methyl/N-ethyl adjacent to an activating group) is 2. The summed E-state index contributed by atoms with van der Waals surface area (Å²) >= 11 is 0. The molecule has 1 rings (SSSR count). The molecule has 0 spiro atoms. The van der Waals surface area contributed by atoms with Crippen molar-refractivity contribution in [1.29, 1.82) is 0 Å². The molecule has 1 aromatic rings. The topological polar surface area (TPSA) is 53.6 Å². The fourth-order valence-electron chi connectivity index (χ4n) is 1.97. The van der Waals surface area contributed by atoms with Gasteiger partial charge in [-0.2, -0.15) is 0 Å². The Bertz CT molecular complexity index is 472. The SMILES string of the molecule is CNC(C)(C)C(=O)NCC(c1cccc(OC)c1)N(C)C. The molecule has 118 valence electrons. The highest BCUT2D eigenvalue weighted by atomic mass is 16.5. The first-order valence-corrected chi connectivity index (χ1v) is 7.09. The Morgan fingerprint density at radius 1 is 1.38 bits per heavy atom. The summed E-state index contributed by atoms with van der Waals surface area (Å²) in [4.78, 5) is 14.2. The molecule has 21 heavy (non-hydrogen) atoms. The Labute approximate surface area is 127 Å². The molecule has 0 bridgehead atoms. The molecule has 0 aliphatic rings. The summed E-state index contributed by atoms with van der Waals surface area (Å²) < 4.78 is 5.27. The Balaban J connectivity index is 2.81. The van der Waals surface area contributed by atoms with Gasteiger partial charge >= 0.3 is 0 Å². The molecule has 1 aromatic carbocycles. The molecule has 0 aromatic heterocycles. The first-order valence-electron chi connectivity index (χ1n) is 7.09. The quantitative estimate of drug-likeness (QED) is 0.798. The van der Waals surface area contributed by atoms with Gasteiger partial charge in [0, 0.05) is 6.54 Å². The lowest BCUT2D eigenvalue weighted by Gasteiger charge is -2.28. The maximum absolute atomic E-state index is 12.2. The van der Waals surface area contributed by atoms with Crippen LogP contribution in [0.15, 0.2) is 24.3 Å². The Morgan fingerprint density at radius 2 is 2.05 bits per heavy atom. The lowest BCUT2D eigenvalue weighted by atomic mass is 10.0. The van der Waals surface area contributed by atoms with Crippen LogP contribution in [-0.4, -0.2) is 51.1 Å². The summed E-state index contributed by atoms with van der Waals surface area (Å²) in [6.07, 6.45) is 0. The molecule has 5 heteroatoms. The minimum Gasteiger partial charge on any atom is -0.497 e. The van der Waals surface area contributed by atoms with Crippen LogP contribution >= 0.6 is 0 Å². The minimum absolute atomic E-state index is 0.0141. The van der Waals surface area contributed by atoms with Gasteiger partial charge in [-0.15, -0.1) is 0 Å². The van der Waals surface area contributed by atoms with E-state index in [1.165, 1.54) is 0 Å². The number of nitrogens with one attached hydrogen (secondary N) is 2. The number of nitrogens with zero attached hydrogens (tertiary/aromatic N) is 1. The van der Waals surface area contributed by atoms with Crippen LogP contribution in [-0.2, 0) is 4.79 Å². The van der Waals surface area contributed by atoms with E-state index in [0.29, 0.717) is 6.54 Å². The fraction of sp³-hybridized carbons (Fsp3) is 0.562. The van der Waals surface area contributed by atoms with E-state index >= 15 is 0 Å². The smallest absolute Gasteiger partial charge is 0.239 e. The molecule has 1 atom stereocenters. The zero-order valence-corrected chi connectivity index (χ0v) is 13.9. The number of benzene rings is 1. The zero-order valence-electron chi connectivity index (χ0n) is 13.9. The van der Waals surface area contributed by atoms with Gasteiger partial charge in [-0.1, -0.05) is 12.1 Å². The number of methoxy groups -OCH3 is 1. The fourth-order valence-corrected chi connectivity index (χ4v) is 1.97. The highest BCUT2D eigenvalue weighted by Crippen LogP contribution is 2.22. The van der Waals surface area contributed by atoms with Crippen molar-refractivity contribution in [3.63, 3.8) is 0 Å². The van der Waals surface area contributed by atoms with Gasteiger partial charge in [0.05, 0.1) is 18.7 Å². The number of ether oxygens (including phenoxy) is 1. The van der Waals surface area contributed by atoms with Gasteiger partial charge in [0.15, 0.2) is 0 Å². The standard InChI is InChI=1S/C16H27N3O2/c1-16(2,17-3)15(20)18-11-14(19(4)5)12-8-7-9-13(10-12)21-6/h7-10,14,17H,11H2,1-6H3,(H,18,20). The molecule has 0 aliphatic carbocycles. The highest BCUT2D eigenvalue weighted by molar-refractivity contribution is 5.85. The van der Waals surface area contributed by atoms with Gasteiger partial charge in [0.25, 0.3) is 0 Å². The van der Waals surface area contributed by atoms with Crippen LogP contribution in [0.3, 0.4) is 0 Å². The third-order valence-corrected chi connectivity index (χ3v) is 3.75. The molecule has 0 saturated carbocycles. The van der Waals surface area contributed by atoms with Crippen molar-refractivity contribution < 1.29 is 9.53 Å². The second kappa shape index (κ2) is 7.43. The molecule has 1 amide bonds. The lowest BCUT2D eigenvalue weighted by molar-refractivity contribution is -0.126. The van der Waals surface area contributed by atoms with Crippen LogP contribution in [0.1, 0.15) is 25.5 Å². The van der Waals surface area contributed by atoms with E-state index in [1.54, 1.807) is 14.2 Å². The monoisotopic (exact) mass is 293 g/mol. The average molecular weight is 293 g/mol. The van der Waals surface area contributed by atoms with Gasteiger partial charge in [-0.25, -0.2) is 0 Å². The molecule has 0 aliphatic heterocycles. The Hall–Kier alpha value is -1.59. The van der Waals surface area contributed by atoms with Crippen LogP contribution in [0.25, 0.3) is 0 Å². The van der Waals surface area contributed by atoms with E-state index in [-0.39, 0.29) is 11.9 Å². The maximum atomic E-state index is 12.2. The number of amides is 1. The van der Waals surface area contributed by atoms with Crippen LogP contribution in [0.2, 0.25) is 0 Å². The van der Waals surface area contributed by atoms with E-state index in [0.717, 1.165) is 11.3 Å². The van der Waals surface area contributed by atoms with Crippen LogP contribution in [0.5, 0.6) is 5.75 Å². The number of hydrogen-bond acceptors (Lipinski definition) is 4. The number of carbonyl (C=O) groups excluding carboxylic acids is 1. The third-order valence-electron chi connectivity index (χ3n) is 3.75. The molecule has 0 saturated heterocycles. The lowest BCUT2D eigenvalue weighted by Crippen LogP contribution is -2.52. The summed E-state index contributed by atoms with van der Waals surface area (Å²) in [7, 11) is 7.44. The highest BCUT2D eigenvalue weighted by Gasteiger charge is 2.26. The second-order valence-electron chi connectivity index (χ2n) is 5.84. The van der Waals surface area contributed by atoms with E-state index in [4.69, 9.17) is 4.74 Å². The second-order valence-corrected chi connectivity index (χ2v) is 5.84. The molecule has 5 nitrogen and oxygen atoms in total. The first-order chi connectivity index (χ1) is 9.81. The maximum Gasteiger partial charge on any atom is 0.239 e. The van der Waals surface area contributed by atoms with Gasteiger partial charge in [0.1, 0.15) is 5.75 Å². The summed E-state index contributed by atoms with van der Waals surface area (Å²) in [5.74, 6) is 0.806. The summed E-state index contributed by atoms with van der Waals surface area (Å²) in [6, 6.07) is 8.02. The minimum atomic E-state index is -0.578. The summed E-state index contributed by atoms with van der Waals surface area (Å²) in [6.45, 7) is 4.27. The Kier molecular flexibility index (Phi) is 6.18.